The van der Waals surface area contributed by atoms with E-state index in [2.05, 4.69) is 5.32 Å². The number of amides is 2. The van der Waals surface area contributed by atoms with Gasteiger partial charge in [0.25, 0.3) is 10.0 Å². The van der Waals surface area contributed by atoms with Crippen molar-refractivity contribution in [1.29, 1.82) is 0 Å². The Bertz CT molecular complexity index is 1350. The van der Waals surface area contributed by atoms with Crippen molar-refractivity contribution in [3.05, 3.63) is 94.2 Å². The predicted octanol–water partition coefficient (Wildman–Crippen LogP) is 4.88. The lowest BCUT2D eigenvalue weighted by molar-refractivity contribution is -0.140. The van der Waals surface area contributed by atoms with Crippen LogP contribution in [0.2, 0.25) is 10.0 Å². The fraction of sp³-hybridized carbons (Fsp3) is 0.231. The van der Waals surface area contributed by atoms with Crippen LogP contribution in [-0.4, -0.2) is 44.8 Å². The second-order valence-corrected chi connectivity index (χ2v) is 10.7. The van der Waals surface area contributed by atoms with Crippen molar-refractivity contribution in [2.75, 3.05) is 17.9 Å². The molecule has 196 valence electrons. The van der Waals surface area contributed by atoms with E-state index >= 15 is 0 Å². The van der Waals surface area contributed by atoms with Crippen LogP contribution in [0.5, 0.6) is 0 Å². The average molecular weight is 566 g/mol. The number of anilines is 1. The number of benzene rings is 3. The van der Waals surface area contributed by atoms with Gasteiger partial charge in [0, 0.05) is 29.2 Å². The van der Waals surface area contributed by atoms with E-state index in [1.165, 1.54) is 54.4 Å². The third kappa shape index (κ3) is 6.41. The number of sulfonamides is 1. The van der Waals surface area contributed by atoms with Crippen LogP contribution in [0.1, 0.15) is 18.9 Å². The largest absolute Gasteiger partial charge is 0.357 e. The van der Waals surface area contributed by atoms with Crippen molar-refractivity contribution >= 4 is 50.7 Å². The Hall–Kier alpha value is -3.14. The van der Waals surface area contributed by atoms with Gasteiger partial charge in [-0.1, -0.05) is 66.5 Å². The molecule has 0 aliphatic carbocycles. The van der Waals surface area contributed by atoms with Crippen molar-refractivity contribution < 1.29 is 22.4 Å². The minimum atomic E-state index is -4.36. The number of carbonyl (C=O) groups excluding carboxylic acids is 2. The molecular weight excluding hydrogens is 540 g/mol. The fourth-order valence-electron chi connectivity index (χ4n) is 3.83. The standard InChI is InChI=1S/C26H26Cl2FN3O4S/c1-3-23(26(34)30-2)31(16-19-20(27)12-9-13-21(19)28)25(33)17-32(24-15-8-7-14-22(24)29)37(35,36)18-10-5-4-6-11-18/h4-15,23H,3,16-17H2,1-2H3,(H,30,34)/t23-/m1/s1. The maximum absolute atomic E-state index is 14.9. The Morgan fingerprint density at radius 3 is 2.11 bits per heavy atom. The summed E-state index contributed by atoms with van der Waals surface area (Å²) in [5.74, 6) is -2.02. The van der Waals surface area contributed by atoms with E-state index in [0.717, 1.165) is 6.07 Å². The molecule has 3 rings (SSSR count). The van der Waals surface area contributed by atoms with Gasteiger partial charge in [0.2, 0.25) is 11.8 Å². The molecule has 2 amide bonds. The lowest BCUT2D eigenvalue weighted by atomic mass is 10.1. The van der Waals surface area contributed by atoms with Gasteiger partial charge in [-0.3, -0.25) is 13.9 Å². The summed E-state index contributed by atoms with van der Waals surface area (Å²) in [7, 11) is -2.93. The van der Waals surface area contributed by atoms with E-state index in [1.54, 1.807) is 31.2 Å². The van der Waals surface area contributed by atoms with Crippen LogP contribution in [0.25, 0.3) is 0 Å². The van der Waals surface area contributed by atoms with Gasteiger partial charge in [-0.05, 0) is 42.8 Å². The molecule has 11 heteroatoms. The van der Waals surface area contributed by atoms with Crippen LogP contribution in [0.4, 0.5) is 10.1 Å². The van der Waals surface area contributed by atoms with Crippen molar-refractivity contribution in [2.45, 2.75) is 30.8 Å². The Morgan fingerprint density at radius 2 is 1.54 bits per heavy atom. The highest BCUT2D eigenvalue weighted by Gasteiger charge is 2.34. The van der Waals surface area contributed by atoms with Gasteiger partial charge in [-0.15, -0.1) is 0 Å². The minimum absolute atomic E-state index is 0.120. The summed E-state index contributed by atoms with van der Waals surface area (Å²) >= 11 is 12.7. The molecule has 0 bridgehead atoms. The van der Waals surface area contributed by atoms with Crippen molar-refractivity contribution in [3.8, 4) is 0 Å². The number of hydrogen-bond acceptors (Lipinski definition) is 4. The molecule has 1 N–H and O–H groups in total. The van der Waals surface area contributed by atoms with Gasteiger partial charge in [-0.2, -0.15) is 0 Å². The number of nitrogens with zero attached hydrogens (tertiary/aromatic N) is 2. The molecule has 37 heavy (non-hydrogen) atoms. The zero-order valence-electron chi connectivity index (χ0n) is 20.2. The molecule has 0 aliphatic rings. The molecule has 0 aliphatic heterocycles. The predicted molar refractivity (Wildman–Crippen MR) is 143 cm³/mol. The molecule has 0 spiro atoms. The van der Waals surface area contributed by atoms with Gasteiger partial charge in [0.1, 0.15) is 18.4 Å². The molecule has 0 fully saturated rings. The summed E-state index contributed by atoms with van der Waals surface area (Å²) in [6.45, 7) is 0.775. The Kier molecular flexibility index (Phi) is 9.53. The highest BCUT2D eigenvalue weighted by Crippen LogP contribution is 2.29. The molecular formula is C26H26Cl2FN3O4S. The van der Waals surface area contributed by atoms with E-state index in [9.17, 15) is 22.4 Å². The summed E-state index contributed by atoms with van der Waals surface area (Å²) in [4.78, 5) is 27.6. The highest BCUT2D eigenvalue weighted by molar-refractivity contribution is 7.92. The number of likely N-dealkylation sites (N-methyl/N-ethyl adjacent to an activating group) is 1. The van der Waals surface area contributed by atoms with E-state index in [0.29, 0.717) is 9.87 Å². The topological polar surface area (TPSA) is 86.8 Å². The number of nitrogens with one attached hydrogen (secondary N) is 1. The molecule has 0 aromatic heterocycles. The third-order valence-electron chi connectivity index (χ3n) is 5.75. The number of halogens is 3. The lowest BCUT2D eigenvalue weighted by Gasteiger charge is -2.33. The molecule has 0 saturated heterocycles. The molecule has 3 aromatic rings. The molecule has 0 unspecified atom stereocenters. The zero-order chi connectivity index (χ0) is 27.2. The number of hydrogen-bond donors (Lipinski definition) is 1. The molecule has 7 nitrogen and oxygen atoms in total. The van der Waals surface area contributed by atoms with Crippen LogP contribution in [0.3, 0.4) is 0 Å². The number of rotatable bonds is 10. The fourth-order valence-corrected chi connectivity index (χ4v) is 5.79. The first kappa shape index (κ1) is 28.4. The van der Waals surface area contributed by atoms with Crippen LogP contribution in [0, 0.1) is 5.82 Å². The third-order valence-corrected chi connectivity index (χ3v) is 8.24. The molecule has 0 heterocycles. The van der Waals surface area contributed by atoms with E-state index < -0.39 is 40.2 Å². The summed E-state index contributed by atoms with van der Waals surface area (Å²) in [6.07, 6.45) is 0.221. The van der Waals surface area contributed by atoms with E-state index in [1.807, 2.05) is 0 Å². The Labute approximate surface area is 225 Å². The summed E-state index contributed by atoms with van der Waals surface area (Å²) in [5, 5.41) is 3.08. The SMILES string of the molecule is CC[C@H](C(=O)NC)N(Cc1c(Cl)cccc1Cl)C(=O)CN(c1ccccc1F)S(=O)(=O)c1ccccc1. The van der Waals surface area contributed by atoms with Crippen LogP contribution < -0.4 is 9.62 Å². The van der Waals surface area contributed by atoms with E-state index in [4.69, 9.17) is 23.2 Å². The smallest absolute Gasteiger partial charge is 0.264 e. The monoisotopic (exact) mass is 565 g/mol. The van der Waals surface area contributed by atoms with Gasteiger partial charge in [0.15, 0.2) is 0 Å². The number of para-hydroxylation sites is 1. The molecule has 0 radical (unpaired) electrons. The van der Waals surface area contributed by atoms with Crippen LogP contribution in [-0.2, 0) is 26.2 Å². The van der Waals surface area contributed by atoms with Gasteiger partial charge in [-0.25, -0.2) is 12.8 Å². The maximum atomic E-state index is 14.9. The highest BCUT2D eigenvalue weighted by atomic mass is 35.5. The lowest BCUT2D eigenvalue weighted by Crippen LogP contribution is -2.52. The molecule has 1 atom stereocenters. The number of carbonyl (C=O) groups is 2. The first-order valence-electron chi connectivity index (χ1n) is 11.4. The van der Waals surface area contributed by atoms with Crippen molar-refractivity contribution in [1.82, 2.24) is 10.2 Å². The van der Waals surface area contributed by atoms with E-state index in [-0.39, 0.29) is 33.6 Å². The van der Waals surface area contributed by atoms with Crippen LogP contribution in [0.15, 0.2) is 77.7 Å². The Balaban J connectivity index is 2.10. The van der Waals surface area contributed by atoms with Crippen LogP contribution >= 0.6 is 23.2 Å². The summed E-state index contributed by atoms with van der Waals surface area (Å²) in [6, 6.07) is 16.5. The normalized spacial score (nSPS) is 12.0. The zero-order valence-corrected chi connectivity index (χ0v) is 22.5. The quantitative estimate of drug-likeness (QED) is 0.379. The van der Waals surface area contributed by atoms with Crippen molar-refractivity contribution in [2.24, 2.45) is 0 Å². The van der Waals surface area contributed by atoms with Crippen molar-refractivity contribution in [3.63, 3.8) is 0 Å². The first-order chi connectivity index (χ1) is 17.6. The minimum Gasteiger partial charge on any atom is -0.357 e. The molecule has 0 saturated carbocycles. The summed E-state index contributed by atoms with van der Waals surface area (Å²) < 4.78 is 42.8. The Morgan fingerprint density at radius 1 is 0.946 bits per heavy atom. The first-order valence-corrected chi connectivity index (χ1v) is 13.6. The maximum Gasteiger partial charge on any atom is 0.264 e. The summed E-state index contributed by atoms with van der Waals surface area (Å²) in [5.41, 5.74) is 0.0910. The second-order valence-electron chi connectivity index (χ2n) is 8.04. The average Bonchev–Trinajstić information content (AvgIpc) is 2.89. The second kappa shape index (κ2) is 12.4. The van der Waals surface area contributed by atoms with Gasteiger partial charge < -0.3 is 10.2 Å². The van der Waals surface area contributed by atoms with Gasteiger partial charge >= 0.3 is 0 Å². The van der Waals surface area contributed by atoms with Gasteiger partial charge in [0.05, 0.1) is 10.6 Å². The molecule has 3 aromatic carbocycles.